The second-order valence-corrected chi connectivity index (χ2v) is 17.4. The molecule has 0 amide bonds. The quantitative estimate of drug-likeness (QED) is 0.0660. The van der Waals surface area contributed by atoms with Crippen LogP contribution in [0.4, 0.5) is 0 Å². The lowest BCUT2D eigenvalue weighted by Crippen LogP contribution is -2.55. The number of nitrogens with zero attached hydrogens (tertiary/aromatic N) is 1. The van der Waals surface area contributed by atoms with Crippen molar-refractivity contribution in [3.8, 4) is 11.5 Å². The number of carbonyl (C=O) groups excluding carboxylic acids is 2. The maximum Gasteiger partial charge on any atom is 0.231 e. The van der Waals surface area contributed by atoms with Gasteiger partial charge in [-0.25, -0.2) is 0 Å². The molecule has 0 bridgehead atoms. The highest BCUT2D eigenvalue weighted by Gasteiger charge is 2.52. The van der Waals surface area contributed by atoms with Crippen LogP contribution in [0.25, 0.3) is 0 Å². The normalized spacial score (nSPS) is 20.9. The van der Waals surface area contributed by atoms with Crippen molar-refractivity contribution < 1.29 is 47.3 Å². The number of aldehydes is 1. The topological polar surface area (TPSA) is 120 Å². The maximum absolute atomic E-state index is 14.5. The fourth-order valence-electron chi connectivity index (χ4n) is 4.66. The Balaban J connectivity index is 1.73. The number of fused-ring (bicyclic) bond motifs is 1. The Bertz CT molecular complexity index is 1320. The highest BCUT2D eigenvalue weighted by molar-refractivity contribution is 6.74. The molecule has 0 spiro atoms. The Kier molecular flexibility index (Phi) is 10.6. The molecule has 2 aliphatic heterocycles. The lowest BCUT2D eigenvalue weighted by Gasteiger charge is -2.42. The van der Waals surface area contributed by atoms with E-state index in [4.69, 9.17) is 37.7 Å². The summed E-state index contributed by atoms with van der Waals surface area (Å²) in [5.74, 6) is -0.770. The van der Waals surface area contributed by atoms with Crippen LogP contribution in [-0.2, 0) is 34.8 Å². The summed E-state index contributed by atoms with van der Waals surface area (Å²) in [6.45, 7) is 13.9. The average molecular weight is 630 g/mol. The molecule has 2 aliphatic rings. The van der Waals surface area contributed by atoms with E-state index in [2.05, 4.69) is 25.9 Å². The molecule has 12 heteroatoms. The van der Waals surface area contributed by atoms with Crippen LogP contribution in [0, 0.1) is 0 Å². The van der Waals surface area contributed by atoms with Crippen molar-refractivity contribution >= 4 is 26.6 Å². The molecule has 2 aromatic carbocycles. The number of hydrogen-bond donors (Lipinski definition) is 0. The fourth-order valence-corrected chi connectivity index (χ4v) is 5.89. The SMILES string of the molecule is COCO[C@H]([C@H]1OC(C)(C)O[C@H]1/C=N\OCc1ccccc1)[C@H](O[Si](C)(C)C(C)(C)C)C(=O)c1cc2c(cc1C=O)OCO2. The summed E-state index contributed by atoms with van der Waals surface area (Å²) < 4.78 is 41.8. The van der Waals surface area contributed by atoms with E-state index in [1.54, 1.807) is 13.8 Å². The molecule has 0 radical (unpaired) electrons. The third-order valence-electron chi connectivity index (χ3n) is 7.94. The minimum absolute atomic E-state index is 0.00948. The van der Waals surface area contributed by atoms with Gasteiger partial charge >= 0.3 is 0 Å². The van der Waals surface area contributed by atoms with Gasteiger partial charge in [-0.1, -0.05) is 56.3 Å². The van der Waals surface area contributed by atoms with Crippen LogP contribution in [-0.4, -0.2) is 77.5 Å². The molecule has 0 N–H and O–H groups in total. The van der Waals surface area contributed by atoms with Crippen molar-refractivity contribution in [1.82, 2.24) is 0 Å². The first-order valence-corrected chi connectivity index (χ1v) is 17.4. The van der Waals surface area contributed by atoms with Crippen LogP contribution in [0.1, 0.15) is 60.9 Å². The van der Waals surface area contributed by atoms with E-state index in [-0.39, 0.29) is 36.4 Å². The molecule has 44 heavy (non-hydrogen) atoms. The number of Topliss-reactive ketones (excluding diaryl/α,β-unsaturated/α-hetero) is 1. The summed E-state index contributed by atoms with van der Waals surface area (Å²) in [5, 5.41) is 3.89. The van der Waals surface area contributed by atoms with E-state index >= 15 is 0 Å². The zero-order chi connectivity index (χ0) is 32.1. The van der Waals surface area contributed by atoms with Crippen molar-refractivity contribution in [1.29, 1.82) is 0 Å². The number of methoxy groups -OCH3 is 1. The molecule has 240 valence electrons. The second kappa shape index (κ2) is 13.9. The first kappa shape index (κ1) is 33.8. The van der Waals surface area contributed by atoms with Crippen LogP contribution in [0.3, 0.4) is 0 Å². The maximum atomic E-state index is 14.5. The summed E-state index contributed by atoms with van der Waals surface area (Å²) in [5.41, 5.74) is 1.22. The van der Waals surface area contributed by atoms with Crippen molar-refractivity contribution in [3.63, 3.8) is 0 Å². The van der Waals surface area contributed by atoms with Gasteiger partial charge in [0.05, 0.1) is 6.21 Å². The summed E-state index contributed by atoms with van der Waals surface area (Å²) >= 11 is 0. The first-order valence-electron chi connectivity index (χ1n) is 14.5. The van der Waals surface area contributed by atoms with Crippen LogP contribution < -0.4 is 9.47 Å². The van der Waals surface area contributed by atoms with Crippen LogP contribution in [0.5, 0.6) is 11.5 Å². The Morgan fingerprint density at radius 3 is 2.43 bits per heavy atom. The van der Waals surface area contributed by atoms with Crippen LogP contribution >= 0.6 is 0 Å². The number of hydrogen-bond acceptors (Lipinski definition) is 11. The van der Waals surface area contributed by atoms with Gasteiger partial charge in [0.1, 0.15) is 37.8 Å². The van der Waals surface area contributed by atoms with Gasteiger partial charge in [0.15, 0.2) is 37.7 Å². The van der Waals surface area contributed by atoms with Crippen molar-refractivity contribution in [2.45, 2.75) is 89.6 Å². The van der Waals surface area contributed by atoms with Crippen molar-refractivity contribution in [2.75, 3.05) is 20.7 Å². The van der Waals surface area contributed by atoms with Crippen molar-refractivity contribution in [3.05, 3.63) is 59.2 Å². The smallest absolute Gasteiger partial charge is 0.231 e. The molecule has 1 saturated heterocycles. The molecule has 2 aromatic rings. The van der Waals surface area contributed by atoms with E-state index in [9.17, 15) is 9.59 Å². The molecule has 4 rings (SSSR count). The molecule has 0 aromatic heterocycles. The summed E-state index contributed by atoms with van der Waals surface area (Å²) in [7, 11) is -1.15. The third kappa shape index (κ3) is 7.92. The van der Waals surface area contributed by atoms with Gasteiger partial charge in [-0.15, -0.1) is 0 Å². The number of rotatable bonds is 14. The third-order valence-corrected chi connectivity index (χ3v) is 12.4. The van der Waals surface area contributed by atoms with Gasteiger partial charge in [-0.2, -0.15) is 0 Å². The van der Waals surface area contributed by atoms with Gasteiger partial charge in [0, 0.05) is 18.2 Å². The minimum Gasteiger partial charge on any atom is -0.454 e. The van der Waals surface area contributed by atoms with E-state index in [1.807, 2.05) is 43.4 Å². The molecule has 1 fully saturated rings. The summed E-state index contributed by atoms with van der Waals surface area (Å²) in [6, 6.07) is 12.6. The summed E-state index contributed by atoms with van der Waals surface area (Å²) in [6.07, 6.45) is -1.78. The zero-order valence-corrected chi connectivity index (χ0v) is 27.7. The lowest BCUT2D eigenvalue weighted by atomic mass is 9.93. The Hall–Kier alpha value is -3.13. The monoisotopic (exact) mass is 629 g/mol. The lowest BCUT2D eigenvalue weighted by molar-refractivity contribution is -0.180. The minimum atomic E-state index is -2.63. The zero-order valence-electron chi connectivity index (χ0n) is 26.7. The number of benzene rings is 2. The largest absolute Gasteiger partial charge is 0.454 e. The number of oxime groups is 1. The first-order chi connectivity index (χ1) is 20.8. The van der Waals surface area contributed by atoms with Gasteiger partial charge in [0.2, 0.25) is 6.79 Å². The molecule has 11 nitrogen and oxygen atoms in total. The van der Waals surface area contributed by atoms with Crippen LogP contribution in [0.2, 0.25) is 18.1 Å². The van der Waals surface area contributed by atoms with E-state index in [1.165, 1.54) is 25.5 Å². The molecule has 2 heterocycles. The predicted octanol–water partition coefficient (Wildman–Crippen LogP) is 5.51. The number of ether oxygens (including phenoxy) is 6. The van der Waals surface area contributed by atoms with Gasteiger partial charge in [-0.05, 0) is 49.7 Å². The van der Waals surface area contributed by atoms with E-state index < -0.39 is 44.3 Å². The van der Waals surface area contributed by atoms with E-state index in [0.29, 0.717) is 17.8 Å². The van der Waals surface area contributed by atoms with Crippen LogP contribution in [0.15, 0.2) is 47.6 Å². The highest BCUT2D eigenvalue weighted by atomic mass is 28.4. The Morgan fingerprint density at radius 2 is 1.80 bits per heavy atom. The molecule has 0 saturated carbocycles. The molecule has 0 aliphatic carbocycles. The summed E-state index contributed by atoms with van der Waals surface area (Å²) in [4.78, 5) is 32.3. The standard InChI is InChI=1S/C32H43NO10Si/c1-31(2,3)44(7,8)43-29(27(35)23-15-25-24(37-20-38-25)14-22(23)17-34)30(39-19-36-6)28-26(41-32(4,5)42-28)16-33-40-18-21-12-10-9-11-13-21/h9-17,26,28-30H,18-20H2,1-8H3/b33-16-/t26-,28-,29+,30+/m0/s1. The second-order valence-electron chi connectivity index (χ2n) is 12.7. The van der Waals surface area contributed by atoms with Crippen molar-refractivity contribution in [2.24, 2.45) is 5.16 Å². The molecular formula is C32H43NO10Si. The highest BCUT2D eigenvalue weighted by Crippen LogP contribution is 2.41. The Labute approximate surface area is 259 Å². The van der Waals surface area contributed by atoms with Gasteiger partial charge in [-0.3, -0.25) is 9.59 Å². The predicted molar refractivity (Wildman–Crippen MR) is 165 cm³/mol. The number of ketones is 1. The molecule has 4 atom stereocenters. The van der Waals surface area contributed by atoms with Gasteiger partial charge in [0.25, 0.3) is 0 Å². The van der Waals surface area contributed by atoms with Gasteiger partial charge < -0.3 is 37.7 Å². The average Bonchev–Trinajstić information content (AvgIpc) is 3.56. The fraction of sp³-hybridized carbons (Fsp3) is 0.531. The number of carbonyl (C=O) groups is 2. The Morgan fingerprint density at radius 1 is 1.11 bits per heavy atom. The molecular weight excluding hydrogens is 586 g/mol. The molecule has 0 unspecified atom stereocenters. The van der Waals surface area contributed by atoms with E-state index in [0.717, 1.165) is 5.56 Å².